The van der Waals surface area contributed by atoms with E-state index >= 15 is 0 Å². The van der Waals surface area contributed by atoms with Crippen LogP contribution in [0.25, 0.3) is 0 Å². The third-order valence-corrected chi connectivity index (χ3v) is 4.04. The molecule has 0 bridgehead atoms. The number of hydrogen-bond acceptors (Lipinski definition) is 3. The molecule has 2 rings (SSSR count). The number of aryl methyl sites for hydroxylation is 1. The molecule has 5 nitrogen and oxygen atoms in total. The van der Waals surface area contributed by atoms with E-state index < -0.39 is 23.6 Å². The summed E-state index contributed by atoms with van der Waals surface area (Å²) in [6.45, 7) is 0.261. The van der Waals surface area contributed by atoms with E-state index in [1.54, 1.807) is 0 Å². The maximum absolute atomic E-state index is 13.1. The minimum Gasteiger partial charge on any atom is -0.480 e. The molecule has 0 spiro atoms. The topological polar surface area (TPSA) is 66.8 Å². The van der Waals surface area contributed by atoms with Gasteiger partial charge in [0.25, 0.3) is 0 Å². The Morgan fingerprint density at radius 2 is 2.09 bits per heavy atom. The van der Waals surface area contributed by atoms with E-state index in [1.165, 1.54) is 18.1 Å². The van der Waals surface area contributed by atoms with Crippen molar-refractivity contribution in [2.24, 2.45) is 0 Å². The Morgan fingerprint density at radius 3 is 2.70 bits per heavy atom. The van der Waals surface area contributed by atoms with Crippen LogP contribution in [0.15, 0.2) is 18.2 Å². The highest BCUT2D eigenvalue weighted by Crippen LogP contribution is 2.22. The Bertz CT molecular complexity index is 593. The van der Waals surface area contributed by atoms with Gasteiger partial charge in [-0.3, -0.25) is 4.79 Å². The number of likely N-dealkylation sites (tertiary alicyclic amines) is 1. The normalized spacial score (nSPS) is 20.7. The van der Waals surface area contributed by atoms with Crippen LogP contribution in [0.3, 0.4) is 0 Å². The van der Waals surface area contributed by atoms with Crippen LogP contribution < -0.4 is 0 Å². The van der Waals surface area contributed by atoms with Crippen molar-refractivity contribution in [3.63, 3.8) is 0 Å². The summed E-state index contributed by atoms with van der Waals surface area (Å²) in [4.78, 5) is 24.7. The fourth-order valence-corrected chi connectivity index (χ4v) is 2.76. The minimum absolute atomic E-state index is 0.152. The summed E-state index contributed by atoms with van der Waals surface area (Å²) >= 11 is 0. The smallest absolute Gasteiger partial charge is 0.326 e. The van der Waals surface area contributed by atoms with E-state index in [4.69, 9.17) is 4.74 Å². The van der Waals surface area contributed by atoms with E-state index in [0.29, 0.717) is 18.4 Å². The van der Waals surface area contributed by atoms with Gasteiger partial charge in [0.1, 0.15) is 6.04 Å². The maximum Gasteiger partial charge on any atom is 0.326 e. The van der Waals surface area contributed by atoms with Gasteiger partial charge in [0.05, 0.1) is 6.10 Å². The van der Waals surface area contributed by atoms with Gasteiger partial charge in [-0.05, 0) is 30.5 Å². The van der Waals surface area contributed by atoms with Crippen LogP contribution in [0.2, 0.25) is 0 Å². The van der Waals surface area contributed by atoms with Gasteiger partial charge < -0.3 is 14.7 Å². The molecule has 126 valence electrons. The predicted octanol–water partition coefficient (Wildman–Crippen LogP) is 1.99. The lowest BCUT2D eigenvalue weighted by Crippen LogP contribution is -2.40. The molecule has 1 amide bonds. The van der Waals surface area contributed by atoms with Crippen LogP contribution in [0, 0.1) is 11.6 Å². The van der Waals surface area contributed by atoms with Crippen LogP contribution in [0.4, 0.5) is 8.78 Å². The molecule has 1 aliphatic heterocycles. The summed E-state index contributed by atoms with van der Waals surface area (Å²) in [5, 5.41) is 9.18. The van der Waals surface area contributed by atoms with Crippen molar-refractivity contribution in [1.29, 1.82) is 0 Å². The van der Waals surface area contributed by atoms with Gasteiger partial charge in [0, 0.05) is 26.5 Å². The number of ether oxygens (including phenoxy) is 1. The van der Waals surface area contributed by atoms with E-state index in [0.717, 1.165) is 12.1 Å². The number of aliphatic carboxylic acids is 1. The second kappa shape index (κ2) is 7.50. The Morgan fingerprint density at radius 1 is 1.35 bits per heavy atom. The SMILES string of the molecule is COC1CC(C(=O)O)N(C(=O)CCCc2ccc(F)c(F)c2)C1. The average Bonchev–Trinajstić information content (AvgIpc) is 2.95. The maximum atomic E-state index is 13.1. The molecule has 0 saturated carbocycles. The molecule has 1 fully saturated rings. The Labute approximate surface area is 132 Å². The molecule has 2 unspecified atom stereocenters. The third kappa shape index (κ3) is 4.25. The predicted molar refractivity (Wildman–Crippen MR) is 77.8 cm³/mol. The van der Waals surface area contributed by atoms with Crippen molar-refractivity contribution in [2.45, 2.75) is 37.8 Å². The number of halogens is 2. The summed E-state index contributed by atoms with van der Waals surface area (Å²) in [5.41, 5.74) is 0.600. The second-order valence-corrected chi connectivity index (χ2v) is 5.60. The molecule has 1 aromatic carbocycles. The molecule has 7 heteroatoms. The van der Waals surface area contributed by atoms with Crippen molar-refractivity contribution in [1.82, 2.24) is 4.90 Å². The summed E-state index contributed by atoms with van der Waals surface area (Å²) < 4.78 is 31.1. The van der Waals surface area contributed by atoms with Crippen LogP contribution in [-0.4, -0.2) is 47.7 Å². The molecule has 1 aliphatic rings. The highest BCUT2D eigenvalue weighted by atomic mass is 19.2. The molecule has 0 aromatic heterocycles. The van der Waals surface area contributed by atoms with Gasteiger partial charge in [-0.15, -0.1) is 0 Å². The third-order valence-electron chi connectivity index (χ3n) is 4.04. The number of carbonyl (C=O) groups excluding carboxylic acids is 1. The Kier molecular flexibility index (Phi) is 5.65. The highest BCUT2D eigenvalue weighted by molar-refractivity contribution is 5.84. The number of carboxylic acids is 1. The first-order valence-electron chi connectivity index (χ1n) is 7.41. The molecular formula is C16H19F2NO4. The zero-order chi connectivity index (χ0) is 17.0. The van der Waals surface area contributed by atoms with Crippen molar-refractivity contribution in [3.05, 3.63) is 35.4 Å². The molecule has 1 heterocycles. The number of rotatable bonds is 6. The Balaban J connectivity index is 1.88. The standard InChI is InChI=1S/C16H19F2NO4/c1-23-11-8-14(16(21)22)19(9-11)15(20)4-2-3-10-5-6-12(17)13(18)7-10/h5-7,11,14H,2-4,8-9H2,1H3,(H,21,22). The van der Waals surface area contributed by atoms with Gasteiger partial charge >= 0.3 is 5.97 Å². The highest BCUT2D eigenvalue weighted by Gasteiger charge is 2.39. The fraction of sp³-hybridized carbons (Fsp3) is 0.500. The molecule has 0 aliphatic carbocycles. The molecule has 0 radical (unpaired) electrons. The first-order chi connectivity index (χ1) is 10.9. The molecule has 23 heavy (non-hydrogen) atoms. The van der Waals surface area contributed by atoms with Crippen molar-refractivity contribution < 1.29 is 28.2 Å². The summed E-state index contributed by atoms with van der Waals surface area (Å²) in [6.07, 6.45) is 1.01. The molecule has 1 saturated heterocycles. The number of hydrogen-bond donors (Lipinski definition) is 1. The number of methoxy groups -OCH3 is 1. The van der Waals surface area contributed by atoms with Gasteiger partial charge in [-0.1, -0.05) is 6.07 Å². The number of benzene rings is 1. The van der Waals surface area contributed by atoms with Crippen LogP contribution in [0.1, 0.15) is 24.8 Å². The summed E-state index contributed by atoms with van der Waals surface area (Å²) in [7, 11) is 1.49. The lowest BCUT2D eigenvalue weighted by atomic mass is 10.1. The molecular weight excluding hydrogens is 308 g/mol. The Hall–Kier alpha value is -2.02. The second-order valence-electron chi connectivity index (χ2n) is 5.60. The van der Waals surface area contributed by atoms with Crippen LogP contribution >= 0.6 is 0 Å². The quantitative estimate of drug-likeness (QED) is 0.868. The minimum atomic E-state index is -1.04. The van der Waals surface area contributed by atoms with Crippen LogP contribution in [0.5, 0.6) is 0 Å². The lowest BCUT2D eigenvalue weighted by Gasteiger charge is -2.21. The zero-order valence-corrected chi connectivity index (χ0v) is 12.8. The van der Waals surface area contributed by atoms with Gasteiger partial charge in [-0.2, -0.15) is 0 Å². The number of carboxylic acid groups (broad SMARTS) is 1. The molecule has 2 atom stereocenters. The number of carbonyl (C=O) groups is 2. The molecule has 1 aromatic rings. The number of amides is 1. The summed E-state index contributed by atoms with van der Waals surface area (Å²) in [6, 6.07) is 2.77. The first-order valence-corrected chi connectivity index (χ1v) is 7.41. The lowest BCUT2D eigenvalue weighted by molar-refractivity contribution is -0.148. The van der Waals surface area contributed by atoms with E-state index in [9.17, 15) is 23.5 Å². The first kappa shape index (κ1) is 17.3. The van der Waals surface area contributed by atoms with Crippen molar-refractivity contribution >= 4 is 11.9 Å². The van der Waals surface area contributed by atoms with Crippen LogP contribution in [-0.2, 0) is 20.7 Å². The van der Waals surface area contributed by atoms with Crippen molar-refractivity contribution in [3.8, 4) is 0 Å². The average molecular weight is 327 g/mol. The largest absolute Gasteiger partial charge is 0.480 e. The monoisotopic (exact) mass is 327 g/mol. The van der Waals surface area contributed by atoms with Crippen molar-refractivity contribution in [2.75, 3.05) is 13.7 Å². The van der Waals surface area contributed by atoms with Gasteiger partial charge in [0.15, 0.2) is 11.6 Å². The van der Waals surface area contributed by atoms with E-state index in [2.05, 4.69) is 0 Å². The molecule has 1 N–H and O–H groups in total. The van der Waals surface area contributed by atoms with Gasteiger partial charge in [0.2, 0.25) is 5.91 Å². The number of nitrogens with zero attached hydrogens (tertiary/aromatic N) is 1. The van der Waals surface area contributed by atoms with Gasteiger partial charge in [-0.25, -0.2) is 13.6 Å². The van der Waals surface area contributed by atoms with E-state index in [-0.39, 0.29) is 31.4 Å². The van der Waals surface area contributed by atoms with E-state index in [1.807, 2.05) is 0 Å². The fourth-order valence-electron chi connectivity index (χ4n) is 2.76. The summed E-state index contributed by atoms with van der Waals surface area (Å²) in [5.74, 6) is -3.13. The zero-order valence-electron chi connectivity index (χ0n) is 12.8.